The molecule has 1 saturated heterocycles. The number of amides is 1. The van der Waals surface area contributed by atoms with Crippen molar-refractivity contribution in [3.8, 4) is 0 Å². The van der Waals surface area contributed by atoms with E-state index in [0.717, 1.165) is 19.0 Å². The lowest BCUT2D eigenvalue weighted by Crippen LogP contribution is -2.60. The van der Waals surface area contributed by atoms with Gasteiger partial charge >= 0.3 is 0 Å². The van der Waals surface area contributed by atoms with Crippen molar-refractivity contribution in [1.29, 1.82) is 0 Å². The molecule has 4 nitrogen and oxygen atoms in total. The van der Waals surface area contributed by atoms with Crippen LogP contribution < -0.4 is 10.6 Å². The van der Waals surface area contributed by atoms with Crippen molar-refractivity contribution in [3.05, 3.63) is 0 Å². The molecule has 4 heteroatoms. The van der Waals surface area contributed by atoms with Gasteiger partial charge in [0.2, 0.25) is 5.91 Å². The lowest BCUT2D eigenvalue weighted by atomic mass is 9.86. The quantitative estimate of drug-likeness (QED) is 0.771. The van der Waals surface area contributed by atoms with Crippen molar-refractivity contribution < 1.29 is 4.79 Å². The van der Waals surface area contributed by atoms with Crippen LogP contribution in [0.5, 0.6) is 0 Å². The first kappa shape index (κ1) is 13.8. The van der Waals surface area contributed by atoms with E-state index < -0.39 is 0 Å². The summed E-state index contributed by atoms with van der Waals surface area (Å²) in [5, 5.41) is 6.72. The number of nitrogens with zero attached hydrogens (tertiary/aromatic N) is 1. The molecular formula is C14H27N3O. The van der Waals surface area contributed by atoms with Crippen molar-refractivity contribution >= 4 is 5.91 Å². The second kappa shape index (κ2) is 6.02. The van der Waals surface area contributed by atoms with Gasteiger partial charge in [0.15, 0.2) is 0 Å². The summed E-state index contributed by atoms with van der Waals surface area (Å²) < 4.78 is 0. The molecule has 0 aromatic rings. The molecule has 1 heterocycles. The average Bonchev–Trinajstić information content (AvgIpc) is 2.38. The minimum Gasteiger partial charge on any atom is -0.341 e. The van der Waals surface area contributed by atoms with Crippen LogP contribution in [-0.4, -0.2) is 49.1 Å². The van der Waals surface area contributed by atoms with Crippen LogP contribution in [0.2, 0.25) is 0 Å². The fourth-order valence-corrected chi connectivity index (χ4v) is 3.14. The van der Waals surface area contributed by atoms with Crippen molar-refractivity contribution in [3.63, 3.8) is 0 Å². The van der Waals surface area contributed by atoms with E-state index in [1.807, 2.05) is 11.9 Å². The predicted molar refractivity (Wildman–Crippen MR) is 73.4 cm³/mol. The molecule has 1 aliphatic heterocycles. The van der Waals surface area contributed by atoms with Gasteiger partial charge in [-0.05, 0) is 25.7 Å². The van der Waals surface area contributed by atoms with Gasteiger partial charge in [-0.3, -0.25) is 4.79 Å². The van der Waals surface area contributed by atoms with E-state index in [0.29, 0.717) is 12.1 Å². The number of piperazine rings is 1. The molecule has 1 saturated carbocycles. The summed E-state index contributed by atoms with van der Waals surface area (Å²) in [7, 11) is 1.98. The molecule has 2 rings (SSSR count). The number of hydrogen-bond donors (Lipinski definition) is 2. The number of rotatable bonds is 2. The summed E-state index contributed by atoms with van der Waals surface area (Å²) in [6.45, 7) is 6.07. The molecule has 2 N–H and O–H groups in total. The van der Waals surface area contributed by atoms with Gasteiger partial charge in [-0.1, -0.05) is 19.8 Å². The second-order valence-electron chi connectivity index (χ2n) is 6.14. The van der Waals surface area contributed by atoms with Crippen LogP contribution in [0.1, 0.15) is 39.5 Å². The van der Waals surface area contributed by atoms with E-state index in [4.69, 9.17) is 0 Å². The van der Waals surface area contributed by atoms with Gasteiger partial charge in [-0.2, -0.15) is 0 Å². The Bertz CT molecular complexity index is 287. The standard InChI is InChI=1S/C14H27N3O/c1-10-5-4-6-12(7-10)17(3)14(18)13-9-15-11(2)8-16-13/h10-13,15-16H,4-9H2,1-3H3. The van der Waals surface area contributed by atoms with E-state index in [2.05, 4.69) is 24.5 Å². The Kier molecular flexibility index (Phi) is 4.62. The molecule has 2 fully saturated rings. The summed E-state index contributed by atoms with van der Waals surface area (Å²) in [5.74, 6) is 1.02. The Labute approximate surface area is 110 Å². The lowest BCUT2D eigenvalue weighted by Gasteiger charge is -2.37. The summed E-state index contributed by atoms with van der Waals surface area (Å²) >= 11 is 0. The Morgan fingerprint density at radius 1 is 1.17 bits per heavy atom. The zero-order valence-corrected chi connectivity index (χ0v) is 11.9. The molecule has 1 amide bonds. The highest BCUT2D eigenvalue weighted by Crippen LogP contribution is 2.26. The molecule has 18 heavy (non-hydrogen) atoms. The van der Waals surface area contributed by atoms with Gasteiger partial charge in [-0.15, -0.1) is 0 Å². The first-order valence-electron chi connectivity index (χ1n) is 7.31. The number of likely N-dealkylation sites (N-methyl/N-ethyl adjacent to an activating group) is 1. The largest absolute Gasteiger partial charge is 0.341 e. The first-order chi connectivity index (χ1) is 8.58. The third kappa shape index (κ3) is 3.23. The molecule has 2 aliphatic rings. The molecular weight excluding hydrogens is 226 g/mol. The van der Waals surface area contributed by atoms with Crippen LogP contribution >= 0.6 is 0 Å². The van der Waals surface area contributed by atoms with Crippen molar-refractivity contribution in [2.45, 2.75) is 57.7 Å². The molecule has 0 radical (unpaired) electrons. The van der Waals surface area contributed by atoms with Crippen LogP contribution in [0.4, 0.5) is 0 Å². The van der Waals surface area contributed by atoms with Crippen LogP contribution in [0.3, 0.4) is 0 Å². The van der Waals surface area contributed by atoms with Gasteiger partial charge in [0.05, 0.1) is 6.04 Å². The number of carbonyl (C=O) groups is 1. The topological polar surface area (TPSA) is 44.4 Å². The number of carbonyl (C=O) groups excluding carboxylic acids is 1. The van der Waals surface area contributed by atoms with Crippen molar-refractivity contribution in [1.82, 2.24) is 15.5 Å². The van der Waals surface area contributed by atoms with E-state index in [9.17, 15) is 4.79 Å². The van der Waals surface area contributed by atoms with Crippen LogP contribution in [0.15, 0.2) is 0 Å². The van der Waals surface area contributed by atoms with Gasteiger partial charge < -0.3 is 15.5 Å². The first-order valence-corrected chi connectivity index (χ1v) is 7.31. The molecule has 0 aromatic heterocycles. The fraction of sp³-hybridized carbons (Fsp3) is 0.929. The fourth-order valence-electron chi connectivity index (χ4n) is 3.14. The van der Waals surface area contributed by atoms with E-state index in [1.165, 1.54) is 25.7 Å². The summed E-state index contributed by atoms with van der Waals surface area (Å²) in [6.07, 6.45) is 4.91. The van der Waals surface area contributed by atoms with Crippen LogP contribution in [0, 0.1) is 5.92 Å². The third-order valence-corrected chi connectivity index (χ3v) is 4.44. The molecule has 0 spiro atoms. The molecule has 0 bridgehead atoms. The molecule has 0 aromatic carbocycles. The van der Waals surface area contributed by atoms with Gasteiger partial charge in [0, 0.05) is 32.2 Å². The van der Waals surface area contributed by atoms with Gasteiger partial charge in [-0.25, -0.2) is 0 Å². The summed E-state index contributed by atoms with van der Waals surface area (Å²) in [5.41, 5.74) is 0. The highest BCUT2D eigenvalue weighted by molar-refractivity contribution is 5.82. The minimum absolute atomic E-state index is 0.0385. The molecule has 104 valence electrons. The monoisotopic (exact) mass is 253 g/mol. The Morgan fingerprint density at radius 3 is 2.56 bits per heavy atom. The lowest BCUT2D eigenvalue weighted by molar-refractivity contribution is -0.135. The third-order valence-electron chi connectivity index (χ3n) is 4.44. The molecule has 4 atom stereocenters. The Morgan fingerprint density at radius 2 is 1.94 bits per heavy atom. The van der Waals surface area contributed by atoms with Crippen molar-refractivity contribution in [2.24, 2.45) is 5.92 Å². The smallest absolute Gasteiger partial charge is 0.241 e. The van der Waals surface area contributed by atoms with E-state index in [-0.39, 0.29) is 11.9 Å². The van der Waals surface area contributed by atoms with E-state index in [1.54, 1.807) is 0 Å². The Balaban J connectivity index is 1.87. The molecule has 4 unspecified atom stereocenters. The second-order valence-corrected chi connectivity index (χ2v) is 6.14. The number of nitrogens with one attached hydrogen (secondary N) is 2. The molecule has 1 aliphatic carbocycles. The predicted octanol–water partition coefficient (Wildman–Crippen LogP) is 0.973. The van der Waals surface area contributed by atoms with Gasteiger partial charge in [0.25, 0.3) is 0 Å². The minimum atomic E-state index is -0.0385. The summed E-state index contributed by atoms with van der Waals surface area (Å²) in [4.78, 5) is 14.4. The maximum absolute atomic E-state index is 12.4. The SMILES string of the molecule is CC1CCCC(N(C)C(=O)C2CNC(C)CN2)C1. The Hall–Kier alpha value is -0.610. The van der Waals surface area contributed by atoms with Crippen LogP contribution in [0.25, 0.3) is 0 Å². The maximum Gasteiger partial charge on any atom is 0.241 e. The maximum atomic E-state index is 12.4. The average molecular weight is 253 g/mol. The summed E-state index contributed by atoms with van der Waals surface area (Å²) in [6, 6.07) is 0.875. The van der Waals surface area contributed by atoms with Crippen LogP contribution in [-0.2, 0) is 4.79 Å². The highest BCUT2D eigenvalue weighted by atomic mass is 16.2. The normalized spacial score (nSPS) is 37.3. The number of hydrogen-bond acceptors (Lipinski definition) is 3. The zero-order chi connectivity index (χ0) is 13.1. The highest BCUT2D eigenvalue weighted by Gasteiger charge is 2.31. The van der Waals surface area contributed by atoms with Gasteiger partial charge in [0.1, 0.15) is 0 Å². The van der Waals surface area contributed by atoms with Crippen molar-refractivity contribution in [2.75, 3.05) is 20.1 Å². The zero-order valence-electron chi connectivity index (χ0n) is 11.9. The van der Waals surface area contributed by atoms with E-state index >= 15 is 0 Å².